The number of halogens is 1. The average molecular weight is 558 g/mol. The van der Waals surface area contributed by atoms with Crippen molar-refractivity contribution in [2.75, 3.05) is 16.9 Å². The fourth-order valence-electron chi connectivity index (χ4n) is 5.09. The molecule has 0 radical (unpaired) electrons. The third-order valence-electron chi connectivity index (χ3n) is 7.46. The van der Waals surface area contributed by atoms with E-state index in [9.17, 15) is 22.9 Å². The molecule has 0 spiro atoms. The van der Waals surface area contributed by atoms with Crippen molar-refractivity contribution in [1.82, 2.24) is 9.97 Å². The number of nitrogens with zero attached hydrogens (tertiary/aromatic N) is 4. The van der Waals surface area contributed by atoms with Gasteiger partial charge in [0, 0.05) is 23.4 Å². The van der Waals surface area contributed by atoms with Crippen LogP contribution in [0, 0.1) is 17.1 Å². The number of amides is 1. The zero-order chi connectivity index (χ0) is 28.2. The van der Waals surface area contributed by atoms with E-state index in [1.807, 2.05) is 12.1 Å². The molecule has 2 aliphatic rings. The van der Waals surface area contributed by atoms with Gasteiger partial charge in [-0.3, -0.25) is 9.78 Å². The van der Waals surface area contributed by atoms with Gasteiger partial charge in [0.2, 0.25) is 0 Å². The Morgan fingerprint density at radius 1 is 1.15 bits per heavy atom. The van der Waals surface area contributed by atoms with Gasteiger partial charge in [0.05, 0.1) is 58.6 Å². The second-order valence-corrected chi connectivity index (χ2v) is 12.2. The molecule has 1 aliphatic carbocycles. The summed E-state index contributed by atoms with van der Waals surface area (Å²) >= 11 is 0. The number of sulfone groups is 1. The molecule has 2 N–H and O–H groups in total. The Morgan fingerprint density at radius 2 is 1.93 bits per heavy atom. The molecule has 9 nitrogen and oxygen atoms in total. The molecule has 0 bridgehead atoms. The Morgan fingerprint density at radius 3 is 2.60 bits per heavy atom. The number of carbonyl (C=O) groups excluding carboxylic acids is 1. The average Bonchev–Trinajstić information content (AvgIpc) is 3.58. The Hall–Kier alpha value is -4.40. The number of pyridine rings is 2. The number of anilines is 2. The van der Waals surface area contributed by atoms with E-state index in [1.165, 1.54) is 17.2 Å². The Labute approximate surface area is 229 Å². The number of benzene rings is 2. The topological polar surface area (TPSA) is 139 Å². The summed E-state index contributed by atoms with van der Waals surface area (Å²) in [5, 5.41) is 10.4. The van der Waals surface area contributed by atoms with Crippen LogP contribution < -0.4 is 10.6 Å². The number of hydrogen-bond donors (Lipinski definition) is 1. The number of nitrogen functional groups attached to an aromatic ring is 1. The van der Waals surface area contributed by atoms with E-state index in [0.29, 0.717) is 48.6 Å². The quantitative estimate of drug-likeness (QED) is 0.372. The largest absolute Gasteiger partial charge is 0.383 e. The predicted octanol–water partition coefficient (Wildman–Crippen LogP) is 4.19. The molecule has 2 aromatic carbocycles. The van der Waals surface area contributed by atoms with Gasteiger partial charge in [-0.1, -0.05) is 12.1 Å². The zero-order valence-electron chi connectivity index (χ0n) is 21.5. The fourth-order valence-corrected chi connectivity index (χ4v) is 5.97. The van der Waals surface area contributed by atoms with Crippen LogP contribution in [0.3, 0.4) is 0 Å². The molecule has 1 aliphatic heterocycles. The van der Waals surface area contributed by atoms with Gasteiger partial charge in [-0.2, -0.15) is 5.26 Å². The highest BCUT2D eigenvalue weighted by Crippen LogP contribution is 2.46. The molecular formula is C29H24FN5O4S. The molecule has 4 aromatic rings. The molecule has 40 heavy (non-hydrogen) atoms. The fraction of sp³-hybridized carbons (Fsp3) is 0.241. The zero-order valence-corrected chi connectivity index (χ0v) is 22.3. The van der Waals surface area contributed by atoms with E-state index in [2.05, 4.69) is 16.0 Å². The minimum absolute atomic E-state index is 0.0311. The molecule has 0 atom stereocenters. The first kappa shape index (κ1) is 25.9. The third-order valence-corrected chi connectivity index (χ3v) is 8.58. The number of rotatable bonds is 6. The van der Waals surface area contributed by atoms with Gasteiger partial charge in [-0.25, -0.2) is 17.8 Å². The van der Waals surface area contributed by atoms with Crippen LogP contribution in [0.1, 0.15) is 45.6 Å². The molecule has 1 amide bonds. The number of aromatic nitrogens is 2. The summed E-state index contributed by atoms with van der Waals surface area (Å²) in [6.45, 7) is 0.781. The molecule has 1 fully saturated rings. The summed E-state index contributed by atoms with van der Waals surface area (Å²) in [5.41, 5.74) is 9.46. The van der Waals surface area contributed by atoms with E-state index in [-0.39, 0.29) is 22.7 Å². The number of hydrogen-bond acceptors (Lipinski definition) is 8. The standard InChI is InChI=1S/C29H24FN5O4S/c1-40(37,38)25-11-19(30)4-6-24(25)35(28(36)18-3-7-26(33-12-18)29(16-31)8-9-29)13-17-2-5-20-21-14-39-15-22(21)27(32)34-23(20)10-17/h2-7,10-12H,8-9,13-15H2,1H3,(H2,32,34). The third kappa shape index (κ3) is 4.45. The van der Waals surface area contributed by atoms with Crippen molar-refractivity contribution < 1.29 is 22.3 Å². The van der Waals surface area contributed by atoms with Crippen molar-refractivity contribution in [3.05, 3.63) is 88.5 Å². The highest BCUT2D eigenvalue weighted by Gasteiger charge is 2.46. The second-order valence-electron chi connectivity index (χ2n) is 10.2. The summed E-state index contributed by atoms with van der Waals surface area (Å²) in [4.78, 5) is 23.8. The lowest BCUT2D eigenvalue weighted by Gasteiger charge is -2.25. The first-order chi connectivity index (χ1) is 19.1. The van der Waals surface area contributed by atoms with Gasteiger partial charge < -0.3 is 15.4 Å². The lowest BCUT2D eigenvalue weighted by atomic mass is 10.0. The minimum atomic E-state index is -3.91. The van der Waals surface area contributed by atoms with Crippen LogP contribution >= 0.6 is 0 Å². The molecule has 0 unspecified atom stereocenters. The summed E-state index contributed by atoms with van der Waals surface area (Å²) < 4.78 is 45.0. The van der Waals surface area contributed by atoms with Crippen molar-refractivity contribution in [3.8, 4) is 6.07 Å². The van der Waals surface area contributed by atoms with Gasteiger partial charge in [0.15, 0.2) is 9.84 Å². The van der Waals surface area contributed by atoms with E-state index in [1.54, 1.807) is 18.2 Å². The maximum Gasteiger partial charge on any atom is 0.260 e. The Kier molecular flexibility index (Phi) is 6.05. The van der Waals surface area contributed by atoms with Gasteiger partial charge in [-0.15, -0.1) is 0 Å². The summed E-state index contributed by atoms with van der Waals surface area (Å²) in [7, 11) is -3.91. The minimum Gasteiger partial charge on any atom is -0.383 e. The van der Waals surface area contributed by atoms with Crippen LogP contribution in [0.25, 0.3) is 10.9 Å². The van der Waals surface area contributed by atoms with E-state index >= 15 is 0 Å². The first-order valence-corrected chi connectivity index (χ1v) is 14.5. The molecule has 3 heterocycles. The van der Waals surface area contributed by atoms with Crippen LogP contribution in [0.2, 0.25) is 0 Å². The second kappa shape index (κ2) is 9.36. The molecule has 11 heteroatoms. The SMILES string of the molecule is CS(=O)(=O)c1cc(F)ccc1N(Cc1ccc2c3c(c(N)nc2c1)COC3)C(=O)c1ccc(C2(C#N)CC2)nc1. The Balaban J connectivity index is 1.43. The molecular weight excluding hydrogens is 533 g/mol. The van der Waals surface area contributed by atoms with Crippen molar-refractivity contribution in [2.24, 2.45) is 0 Å². The summed E-state index contributed by atoms with van der Waals surface area (Å²) in [6, 6.07) is 14.3. The van der Waals surface area contributed by atoms with Crippen LogP contribution in [-0.2, 0) is 39.7 Å². The van der Waals surface area contributed by atoms with Crippen LogP contribution in [-0.4, -0.2) is 30.5 Å². The lowest BCUT2D eigenvalue weighted by molar-refractivity contribution is 0.0984. The smallest absolute Gasteiger partial charge is 0.260 e. The van der Waals surface area contributed by atoms with Crippen molar-refractivity contribution in [1.29, 1.82) is 5.26 Å². The van der Waals surface area contributed by atoms with E-state index in [0.717, 1.165) is 34.9 Å². The number of ether oxygens (including phenoxy) is 1. The molecule has 1 saturated carbocycles. The van der Waals surface area contributed by atoms with Gasteiger partial charge in [-0.05, 0) is 60.4 Å². The van der Waals surface area contributed by atoms with Crippen molar-refractivity contribution in [3.63, 3.8) is 0 Å². The summed E-state index contributed by atoms with van der Waals surface area (Å²) in [5.74, 6) is -0.900. The number of fused-ring (bicyclic) bond motifs is 3. The number of nitrogens with two attached hydrogens (primary N) is 1. The molecule has 0 saturated heterocycles. The maximum atomic E-state index is 14.2. The Bertz CT molecular complexity index is 1850. The number of carbonyl (C=O) groups is 1. The van der Waals surface area contributed by atoms with Crippen LogP contribution in [0.15, 0.2) is 59.6 Å². The molecule has 6 rings (SSSR count). The number of nitriles is 1. The maximum absolute atomic E-state index is 14.2. The van der Waals surface area contributed by atoms with Gasteiger partial charge >= 0.3 is 0 Å². The van der Waals surface area contributed by atoms with Crippen LogP contribution in [0.4, 0.5) is 15.9 Å². The van der Waals surface area contributed by atoms with Gasteiger partial charge in [0.1, 0.15) is 11.6 Å². The summed E-state index contributed by atoms with van der Waals surface area (Å²) in [6.07, 6.45) is 3.77. The lowest BCUT2D eigenvalue weighted by Crippen LogP contribution is -2.32. The highest BCUT2D eigenvalue weighted by molar-refractivity contribution is 7.90. The van der Waals surface area contributed by atoms with E-state index in [4.69, 9.17) is 10.5 Å². The first-order valence-electron chi connectivity index (χ1n) is 12.6. The predicted molar refractivity (Wildman–Crippen MR) is 145 cm³/mol. The molecule has 2 aromatic heterocycles. The molecule has 202 valence electrons. The van der Waals surface area contributed by atoms with Gasteiger partial charge in [0.25, 0.3) is 5.91 Å². The monoisotopic (exact) mass is 557 g/mol. The van der Waals surface area contributed by atoms with Crippen LogP contribution in [0.5, 0.6) is 0 Å². The van der Waals surface area contributed by atoms with E-state index < -0.39 is 27.0 Å². The highest BCUT2D eigenvalue weighted by atomic mass is 32.2. The normalized spacial score (nSPS) is 15.4. The van der Waals surface area contributed by atoms with Crippen molar-refractivity contribution >= 4 is 38.2 Å². The van der Waals surface area contributed by atoms with Crippen molar-refractivity contribution in [2.45, 2.75) is 42.9 Å².